The van der Waals surface area contributed by atoms with Crippen LogP contribution in [0.2, 0.25) is 0 Å². The fourth-order valence-electron chi connectivity index (χ4n) is 12.6. The lowest BCUT2D eigenvalue weighted by Crippen LogP contribution is -2.21. The fraction of sp³-hybridized carbons (Fsp3) is 0.205. The van der Waals surface area contributed by atoms with Crippen LogP contribution < -0.4 is 42.1 Å². The first-order valence-electron chi connectivity index (χ1n) is 32.0. The number of anilines is 4. The van der Waals surface area contributed by atoms with E-state index in [0.29, 0.717) is 72.5 Å². The maximum absolute atomic E-state index is 14.5. The lowest BCUT2D eigenvalue weighted by atomic mass is 9.96. The van der Waals surface area contributed by atoms with Crippen molar-refractivity contribution in [1.29, 1.82) is 0 Å². The standard InChI is InChI=1S/C78H70N6O9/c1-9-81(10-2)57-27-23-51-35-61(75(85)90-71(51)43-57)49-21-17-19-47(33-49)48-20-18-22-50(34-48)65-39-55(42-68(79-65)70-32-31-69(89-70)64-38-54-26-30-60(84(15-7)16-8)46-74(54)93-78(64)88)56-40-66(62-36-52-24-28-58(82(11-3)12-4)44-72(52)91-76(62)86)80-67(41-56)63-37-53-25-29-59(83(13-5)14-6)45-73(53)92-77(63)87/h17-46H,9-16H2,1-8H3. The smallest absolute Gasteiger partial charge is 0.347 e. The Kier molecular flexibility index (Phi) is 16.8. The van der Waals surface area contributed by atoms with Crippen molar-refractivity contribution in [3.63, 3.8) is 0 Å². The molecule has 466 valence electrons. The van der Waals surface area contributed by atoms with Crippen molar-refractivity contribution in [2.24, 2.45) is 0 Å². The molecule has 0 aliphatic rings. The van der Waals surface area contributed by atoms with Crippen LogP contribution in [0.4, 0.5) is 22.7 Å². The lowest BCUT2D eigenvalue weighted by molar-refractivity contribution is 0.550. The van der Waals surface area contributed by atoms with Crippen molar-refractivity contribution in [1.82, 2.24) is 9.97 Å². The van der Waals surface area contributed by atoms with Gasteiger partial charge in [-0.1, -0.05) is 36.4 Å². The first-order chi connectivity index (χ1) is 45.3. The van der Waals surface area contributed by atoms with Gasteiger partial charge in [-0.15, -0.1) is 0 Å². The molecule has 0 spiro atoms. The van der Waals surface area contributed by atoms with Crippen LogP contribution in [0.1, 0.15) is 55.4 Å². The second kappa shape index (κ2) is 25.7. The molecule has 0 fully saturated rings. The van der Waals surface area contributed by atoms with Gasteiger partial charge in [0, 0.05) is 126 Å². The summed E-state index contributed by atoms with van der Waals surface area (Å²) in [5, 5.41) is 2.92. The lowest BCUT2D eigenvalue weighted by Gasteiger charge is -2.21. The van der Waals surface area contributed by atoms with Gasteiger partial charge in [-0.3, -0.25) is 0 Å². The Hall–Kier alpha value is -11.1. The van der Waals surface area contributed by atoms with Crippen LogP contribution in [0.25, 0.3) is 134 Å². The van der Waals surface area contributed by atoms with Crippen LogP contribution in [-0.4, -0.2) is 62.3 Å². The first-order valence-corrected chi connectivity index (χ1v) is 32.0. The Morgan fingerprint density at radius 3 is 1.02 bits per heavy atom. The molecule has 7 heterocycles. The van der Waals surface area contributed by atoms with Crippen LogP contribution in [0.15, 0.2) is 223 Å². The number of hydrogen-bond acceptors (Lipinski definition) is 15. The van der Waals surface area contributed by atoms with Crippen molar-refractivity contribution in [3.05, 3.63) is 224 Å². The molecule has 6 aromatic carbocycles. The molecular formula is C78H70N6O9. The number of furan rings is 1. The second-order valence-corrected chi connectivity index (χ2v) is 22.9. The average molecular weight is 1240 g/mol. The third-order valence-electron chi connectivity index (χ3n) is 17.7. The highest BCUT2D eigenvalue weighted by Gasteiger charge is 2.22. The molecule has 0 radical (unpaired) electrons. The zero-order chi connectivity index (χ0) is 64.6. The molecule has 0 amide bonds. The molecule has 15 heteroatoms. The van der Waals surface area contributed by atoms with Gasteiger partial charge in [0.25, 0.3) is 0 Å². The number of fused-ring (bicyclic) bond motifs is 4. The van der Waals surface area contributed by atoms with E-state index in [1.807, 2.05) is 146 Å². The van der Waals surface area contributed by atoms with Crippen LogP contribution in [-0.2, 0) is 0 Å². The number of hydrogen-bond donors (Lipinski definition) is 0. The van der Waals surface area contributed by atoms with Gasteiger partial charge >= 0.3 is 22.5 Å². The predicted octanol–water partition coefficient (Wildman–Crippen LogP) is 17.2. The molecule has 0 atom stereocenters. The summed E-state index contributed by atoms with van der Waals surface area (Å²) in [6.07, 6.45) is 0. The zero-order valence-corrected chi connectivity index (χ0v) is 53.3. The van der Waals surface area contributed by atoms with Crippen LogP contribution in [0, 0.1) is 0 Å². The van der Waals surface area contributed by atoms with Gasteiger partial charge in [0.2, 0.25) is 0 Å². The highest BCUT2D eigenvalue weighted by molar-refractivity contribution is 5.91. The molecule has 7 aromatic heterocycles. The van der Waals surface area contributed by atoms with Gasteiger partial charge in [0.15, 0.2) is 5.76 Å². The highest BCUT2D eigenvalue weighted by atomic mass is 16.4. The Balaban J connectivity index is 0.972. The van der Waals surface area contributed by atoms with Crippen molar-refractivity contribution in [2.45, 2.75) is 55.4 Å². The van der Waals surface area contributed by atoms with Crippen molar-refractivity contribution in [3.8, 4) is 89.9 Å². The molecule has 0 saturated carbocycles. The molecule has 13 aromatic rings. The van der Waals surface area contributed by atoms with E-state index in [4.69, 9.17) is 32.1 Å². The van der Waals surface area contributed by atoms with Gasteiger partial charge in [-0.25, -0.2) is 29.1 Å². The number of nitrogens with zero attached hydrogens (tertiary/aromatic N) is 6. The Bertz CT molecular complexity index is 5130. The summed E-state index contributed by atoms with van der Waals surface area (Å²) < 4.78 is 30.9. The van der Waals surface area contributed by atoms with Crippen LogP contribution in [0.3, 0.4) is 0 Å². The Morgan fingerprint density at radius 1 is 0.269 bits per heavy atom. The number of benzene rings is 6. The quantitative estimate of drug-likeness (QED) is 0.0659. The first kappa shape index (κ1) is 60.8. The van der Waals surface area contributed by atoms with Crippen molar-refractivity contribution < 1.29 is 22.1 Å². The van der Waals surface area contributed by atoms with E-state index < -0.39 is 22.5 Å². The van der Waals surface area contributed by atoms with Gasteiger partial charge in [0.1, 0.15) is 39.3 Å². The van der Waals surface area contributed by atoms with E-state index in [1.165, 1.54) is 0 Å². The Labute approximate surface area is 537 Å². The van der Waals surface area contributed by atoms with E-state index >= 15 is 0 Å². The van der Waals surface area contributed by atoms with Gasteiger partial charge in [0.05, 0.1) is 33.8 Å². The summed E-state index contributed by atoms with van der Waals surface area (Å²) in [4.78, 5) is 75.9. The topological polar surface area (TPSA) is 173 Å². The monoisotopic (exact) mass is 1230 g/mol. The van der Waals surface area contributed by atoms with Gasteiger partial charge in [-0.2, -0.15) is 0 Å². The maximum Gasteiger partial charge on any atom is 0.347 e. The fourth-order valence-corrected chi connectivity index (χ4v) is 12.6. The number of aromatic nitrogens is 2. The molecular weight excluding hydrogens is 1160 g/mol. The summed E-state index contributed by atoms with van der Waals surface area (Å²) in [6, 6.07) is 57.4. The molecule has 0 aliphatic heterocycles. The number of pyridine rings is 2. The minimum Gasteiger partial charge on any atom is -0.454 e. The summed E-state index contributed by atoms with van der Waals surface area (Å²) in [6.45, 7) is 23.0. The van der Waals surface area contributed by atoms with Crippen molar-refractivity contribution in [2.75, 3.05) is 72.0 Å². The maximum atomic E-state index is 14.5. The molecule has 13 rings (SSSR count). The van der Waals surface area contributed by atoms with Gasteiger partial charge < -0.3 is 41.7 Å². The minimum atomic E-state index is -0.613. The predicted molar refractivity (Wildman–Crippen MR) is 376 cm³/mol. The Morgan fingerprint density at radius 2 is 0.591 bits per heavy atom. The van der Waals surface area contributed by atoms with E-state index in [2.05, 4.69) is 81.1 Å². The third-order valence-corrected chi connectivity index (χ3v) is 17.7. The zero-order valence-electron chi connectivity index (χ0n) is 53.3. The normalized spacial score (nSPS) is 11.5. The highest BCUT2D eigenvalue weighted by Crippen LogP contribution is 2.39. The van der Waals surface area contributed by atoms with E-state index in [1.54, 1.807) is 30.3 Å². The van der Waals surface area contributed by atoms with Gasteiger partial charge in [-0.05, 0) is 205 Å². The second-order valence-electron chi connectivity index (χ2n) is 22.9. The molecule has 15 nitrogen and oxygen atoms in total. The average Bonchev–Trinajstić information content (AvgIpc) is 2.15. The summed E-state index contributed by atoms with van der Waals surface area (Å²) in [5.74, 6) is 0.627. The van der Waals surface area contributed by atoms with E-state index in [0.717, 1.165) is 103 Å². The third kappa shape index (κ3) is 11.9. The summed E-state index contributed by atoms with van der Waals surface area (Å²) in [5.41, 5.74) is 10.2. The summed E-state index contributed by atoms with van der Waals surface area (Å²) in [7, 11) is 0. The van der Waals surface area contributed by atoms with Crippen LogP contribution >= 0.6 is 0 Å². The number of rotatable bonds is 20. The molecule has 0 N–H and O–H groups in total. The SMILES string of the molecule is CCN(CC)c1ccc2cc(-c3cccc(-c4cccc(-c5cc(-c6cc(-c7cc8ccc(N(CC)CC)cc8oc7=O)nc(-c7cc8ccc(N(CC)CC)cc8oc7=O)c6)cc(-c6ccc(-c7cc8ccc(N(CC)CC)cc8oc7=O)o6)n5)c4)c3)c(=O)oc2c1. The van der Waals surface area contributed by atoms with Crippen molar-refractivity contribution >= 4 is 66.6 Å². The van der Waals surface area contributed by atoms with E-state index in [-0.39, 0.29) is 33.8 Å². The summed E-state index contributed by atoms with van der Waals surface area (Å²) >= 11 is 0. The molecule has 93 heavy (non-hydrogen) atoms. The van der Waals surface area contributed by atoms with Crippen LogP contribution in [0.5, 0.6) is 0 Å². The van der Waals surface area contributed by atoms with E-state index in [9.17, 15) is 19.2 Å². The molecule has 0 aliphatic carbocycles. The largest absolute Gasteiger partial charge is 0.454 e. The minimum absolute atomic E-state index is 0.180. The molecule has 0 saturated heterocycles. The molecule has 0 unspecified atom stereocenters. The molecule has 0 bridgehead atoms.